The number of nitrogens with one attached hydrogen (secondary N) is 2. The van der Waals surface area contributed by atoms with Crippen LogP contribution in [0.3, 0.4) is 0 Å². The highest BCUT2D eigenvalue weighted by Gasteiger charge is 2.26. The summed E-state index contributed by atoms with van der Waals surface area (Å²) >= 11 is 0. The molecular weight excluding hydrogens is 404 g/mol. The Bertz CT molecular complexity index is 1140. The summed E-state index contributed by atoms with van der Waals surface area (Å²) in [6.45, 7) is 4.06. The van der Waals surface area contributed by atoms with Gasteiger partial charge < -0.3 is 20.1 Å². The highest BCUT2D eigenvalue weighted by molar-refractivity contribution is 5.79. The Labute approximate surface area is 187 Å². The van der Waals surface area contributed by atoms with Crippen molar-refractivity contribution in [1.82, 2.24) is 19.9 Å². The molecule has 4 rings (SSSR count). The standard InChI is InChI=1S/C24H28N6O2/c1-17-5-7-18(8-6-17)14-26-23(32)19-4-3-13-30(15-19)21-11-12-25-24(28-21)27-20-9-10-22(31)29(2)16-20/h5-12,16,19H,3-4,13-15H2,1-2H3,(H,26,32)(H,25,27,28). The summed E-state index contributed by atoms with van der Waals surface area (Å²) in [4.78, 5) is 35.4. The van der Waals surface area contributed by atoms with Gasteiger partial charge in [0.1, 0.15) is 5.82 Å². The van der Waals surface area contributed by atoms with Gasteiger partial charge in [-0.15, -0.1) is 0 Å². The van der Waals surface area contributed by atoms with Gasteiger partial charge >= 0.3 is 0 Å². The van der Waals surface area contributed by atoms with Crippen LogP contribution in [0.1, 0.15) is 24.0 Å². The number of hydrogen-bond donors (Lipinski definition) is 2. The van der Waals surface area contributed by atoms with Gasteiger partial charge in [-0.05, 0) is 37.5 Å². The predicted molar refractivity (Wildman–Crippen MR) is 125 cm³/mol. The quantitative estimate of drug-likeness (QED) is 0.622. The van der Waals surface area contributed by atoms with Gasteiger partial charge in [0.2, 0.25) is 17.4 Å². The van der Waals surface area contributed by atoms with Crippen molar-refractivity contribution in [2.45, 2.75) is 26.3 Å². The Morgan fingerprint density at radius 2 is 1.97 bits per heavy atom. The van der Waals surface area contributed by atoms with Crippen molar-refractivity contribution >= 4 is 23.4 Å². The zero-order valence-corrected chi connectivity index (χ0v) is 18.4. The van der Waals surface area contributed by atoms with Gasteiger partial charge in [0.05, 0.1) is 11.6 Å². The molecule has 2 aromatic heterocycles. The highest BCUT2D eigenvalue weighted by atomic mass is 16.2. The van der Waals surface area contributed by atoms with E-state index in [-0.39, 0.29) is 17.4 Å². The van der Waals surface area contributed by atoms with E-state index in [0.29, 0.717) is 19.0 Å². The molecule has 2 N–H and O–H groups in total. The van der Waals surface area contributed by atoms with Crippen molar-refractivity contribution in [2.24, 2.45) is 13.0 Å². The Hall–Kier alpha value is -3.68. The Morgan fingerprint density at radius 3 is 2.75 bits per heavy atom. The van der Waals surface area contributed by atoms with Crippen molar-refractivity contribution in [3.05, 3.63) is 76.3 Å². The highest BCUT2D eigenvalue weighted by Crippen LogP contribution is 2.23. The number of carbonyl (C=O) groups excluding carboxylic acids is 1. The van der Waals surface area contributed by atoms with Crippen molar-refractivity contribution in [1.29, 1.82) is 0 Å². The third-order valence-corrected chi connectivity index (χ3v) is 5.69. The number of carbonyl (C=O) groups is 1. The van der Waals surface area contributed by atoms with Crippen LogP contribution in [0.5, 0.6) is 0 Å². The Morgan fingerprint density at radius 1 is 1.16 bits per heavy atom. The summed E-state index contributed by atoms with van der Waals surface area (Å²) in [5, 5.41) is 6.22. The predicted octanol–water partition coefficient (Wildman–Crippen LogP) is 2.76. The van der Waals surface area contributed by atoms with E-state index in [4.69, 9.17) is 0 Å². The first kappa shape index (κ1) is 21.5. The molecule has 1 fully saturated rings. The fourth-order valence-corrected chi connectivity index (χ4v) is 3.82. The maximum absolute atomic E-state index is 12.8. The van der Waals surface area contributed by atoms with Crippen molar-refractivity contribution < 1.29 is 4.79 Å². The summed E-state index contributed by atoms with van der Waals surface area (Å²) < 4.78 is 1.50. The second-order valence-corrected chi connectivity index (χ2v) is 8.22. The molecule has 3 aromatic rings. The van der Waals surface area contributed by atoms with Gasteiger partial charge in [-0.1, -0.05) is 29.8 Å². The number of piperidine rings is 1. The minimum absolute atomic E-state index is 0.0767. The molecule has 0 spiro atoms. The van der Waals surface area contributed by atoms with Crippen molar-refractivity contribution in [3.63, 3.8) is 0 Å². The Kier molecular flexibility index (Phi) is 6.49. The number of anilines is 3. The lowest BCUT2D eigenvalue weighted by Crippen LogP contribution is -2.43. The maximum Gasteiger partial charge on any atom is 0.250 e. The first-order chi connectivity index (χ1) is 15.5. The number of hydrogen-bond acceptors (Lipinski definition) is 6. The third kappa shape index (κ3) is 5.32. The molecule has 1 atom stereocenters. The lowest BCUT2D eigenvalue weighted by atomic mass is 9.97. The van der Waals surface area contributed by atoms with Gasteiger partial charge in [-0.2, -0.15) is 4.98 Å². The molecule has 0 radical (unpaired) electrons. The molecule has 0 aliphatic carbocycles. The summed E-state index contributed by atoms with van der Waals surface area (Å²) in [6, 6.07) is 13.3. The fourth-order valence-electron chi connectivity index (χ4n) is 3.82. The van der Waals surface area contributed by atoms with E-state index in [1.807, 2.05) is 18.2 Å². The molecule has 1 unspecified atom stereocenters. The molecule has 8 nitrogen and oxygen atoms in total. The van der Waals surface area contributed by atoms with Crippen molar-refractivity contribution in [3.8, 4) is 0 Å². The second kappa shape index (κ2) is 9.64. The summed E-state index contributed by atoms with van der Waals surface area (Å²) in [5.74, 6) is 1.23. The lowest BCUT2D eigenvalue weighted by molar-refractivity contribution is -0.125. The van der Waals surface area contributed by atoms with Crippen LogP contribution >= 0.6 is 0 Å². The smallest absolute Gasteiger partial charge is 0.250 e. The summed E-state index contributed by atoms with van der Waals surface area (Å²) in [7, 11) is 1.70. The molecule has 1 aliphatic heterocycles. The van der Waals surface area contributed by atoms with E-state index < -0.39 is 0 Å². The Balaban J connectivity index is 1.38. The molecule has 1 aliphatic rings. The molecular formula is C24H28N6O2. The van der Waals surface area contributed by atoms with E-state index in [1.165, 1.54) is 16.2 Å². The number of aryl methyl sites for hydroxylation is 2. The van der Waals surface area contributed by atoms with Gasteiger partial charge in [0.15, 0.2) is 0 Å². The third-order valence-electron chi connectivity index (χ3n) is 5.69. The first-order valence-corrected chi connectivity index (χ1v) is 10.8. The largest absolute Gasteiger partial charge is 0.356 e. The van der Waals surface area contributed by atoms with Crippen LogP contribution in [0.2, 0.25) is 0 Å². The van der Waals surface area contributed by atoms with Crippen LogP contribution in [-0.2, 0) is 18.4 Å². The fraction of sp³-hybridized carbons (Fsp3) is 0.333. The monoisotopic (exact) mass is 432 g/mol. The molecule has 1 amide bonds. The van der Waals surface area contributed by atoms with E-state index in [9.17, 15) is 9.59 Å². The topological polar surface area (TPSA) is 92.2 Å². The number of pyridine rings is 1. The van der Waals surface area contributed by atoms with E-state index in [0.717, 1.165) is 36.5 Å². The number of aromatic nitrogens is 3. The number of amides is 1. The molecule has 3 heterocycles. The molecule has 8 heteroatoms. The van der Waals surface area contributed by atoms with Crippen molar-refractivity contribution in [2.75, 3.05) is 23.3 Å². The molecule has 1 saturated heterocycles. The molecule has 1 aromatic carbocycles. The van der Waals surface area contributed by atoms with Crippen LogP contribution < -0.4 is 21.1 Å². The maximum atomic E-state index is 12.8. The number of rotatable bonds is 6. The SMILES string of the molecule is Cc1ccc(CNC(=O)C2CCCN(c3ccnc(Nc4ccc(=O)n(C)c4)n3)C2)cc1. The second-order valence-electron chi connectivity index (χ2n) is 8.22. The molecule has 0 saturated carbocycles. The van der Waals surface area contributed by atoms with Crippen LogP contribution in [0.4, 0.5) is 17.5 Å². The average Bonchev–Trinajstić information content (AvgIpc) is 2.81. The first-order valence-electron chi connectivity index (χ1n) is 10.8. The van der Waals surface area contributed by atoms with Crippen LogP contribution in [0.25, 0.3) is 0 Å². The zero-order chi connectivity index (χ0) is 22.5. The van der Waals surface area contributed by atoms with Gasteiger partial charge in [0, 0.05) is 45.1 Å². The summed E-state index contributed by atoms with van der Waals surface area (Å²) in [6.07, 6.45) is 5.20. The average molecular weight is 433 g/mol. The van der Waals surface area contributed by atoms with E-state index in [1.54, 1.807) is 25.5 Å². The van der Waals surface area contributed by atoms with Gasteiger partial charge in [-0.3, -0.25) is 9.59 Å². The minimum Gasteiger partial charge on any atom is -0.356 e. The van der Waals surface area contributed by atoms with E-state index >= 15 is 0 Å². The van der Waals surface area contributed by atoms with Crippen LogP contribution in [0.15, 0.2) is 59.7 Å². The minimum atomic E-state index is -0.0794. The number of nitrogens with zero attached hydrogens (tertiary/aromatic N) is 4. The zero-order valence-electron chi connectivity index (χ0n) is 18.4. The molecule has 166 valence electrons. The van der Waals surface area contributed by atoms with Crippen LogP contribution in [0, 0.1) is 12.8 Å². The number of benzene rings is 1. The molecule has 0 bridgehead atoms. The lowest BCUT2D eigenvalue weighted by Gasteiger charge is -2.33. The normalized spacial score (nSPS) is 15.9. The van der Waals surface area contributed by atoms with Gasteiger partial charge in [0.25, 0.3) is 0 Å². The van der Waals surface area contributed by atoms with E-state index in [2.05, 4.69) is 44.6 Å². The van der Waals surface area contributed by atoms with Crippen LogP contribution in [-0.4, -0.2) is 33.5 Å². The molecule has 32 heavy (non-hydrogen) atoms. The summed E-state index contributed by atoms with van der Waals surface area (Å²) in [5.41, 5.74) is 2.96. The van der Waals surface area contributed by atoms with Gasteiger partial charge in [-0.25, -0.2) is 4.98 Å².